The number of aliphatic hydroxyl groups is 4. The molecule has 2 unspecified atom stereocenters. The van der Waals surface area contributed by atoms with E-state index in [0.717, 1.165) is 12.8 Å². The van der Waals surface area contributed by atoms with Crippen LogP contribution in [0.4, 0.5) is 0 Å². The molecule has 5 heterocycles. The van der Waals surface area contributed by atoms with E-state index in [1.807, 2.05) is 19.1 Å². The minimum atomic E-state index is -2.41. The summed E-state index contributed by atoms with van der Waals surface area (Å²) in [7, 11) is 2.44. The molecule has 5 aliphatic rings. The average molecular weight is 893 g/mol. The predicted molar refractivity (Wildman–Crippen MR) is 219 cm³/mol. The maximum absolute atomic E-state index is 13.3. The molecule has 0 aromatic rings. The van der Waals surface area contributed by atoms with Crippen LogP contribution in [0.3, 0.4) is 0 Å². The molecule has 0 radical (unpaired) electrons. The van der Waals surface area contributed by atoms with Gasteiger partial charge >= 0.3 is 23.9 Å². The Labute approximate surface area is 367 Å². The van der Waals surface area contributed by atoms with Crippen LogP contribution in [0, 0.1) is 5.41 Å². The molecule has 352 valence electrons. The van der Waals surface area contributed by atoms with Gasteiger partial charge in [0.1, 0.15) is 17.8 Å². The van der Waals surface area contributed by atoms with Crippen LogP contribution in [0.15, 0.2) is 59.8 Å². The van der Waals surface area contributed by atoms with E-state index in [1.54, 1.807) is 52.0 Å². The summed E-state index contributed by atoms with van der Waals surface area (Å²) in [6.45, 7) is 8.87. The zero-order chi connectivity index (χ0) is 46.4. The SMILES string of the molecule is CCC/C=C/C=C/C1(C)O[C@H]2/C(=C/C(=O)OC)C[C@H]3C[C@H](CO)OC(=O)C[C@H](O)C[C@@H]4O[C@H](OC(C)=O)C(C)(C)[C@](O)(C[C@@H]5C/C(=C/C(=O)OC)C[C@H](/C=C/C(C)(O1)[C@]2(O)O3)O5)O4. The van der Waals surface area contributed by atoms with Crippen LogP contribution in [-0.4, -0.2) is 137 Å². The van der Waals surface area contributed by atoms with E-state index in [2.05, 4.69) is 0 Å². The third kappa shape index (κ3) is 11.9. The first-order valence-corrected chi connectivity index (χ1v) is 21.3. The maximum atomic E-state index is 13.3. The Morgan fingerprint density at radius 1 is 0.905 bits per heavy atom. The van der Waals surface area contributed by atoms with Crippen molar-refractivity contribution in [2.24, 2.45) is 5.41 Å². The normalized spacial score (nSPS) is 40.5. The summed E-state index contributed by atoms with van der Waals surface area (Å²) in [5.41, 5.74) is -2.45. The number of hydrogen-bond acceptors (Lipinski definition) is 18. The lowest BCUT2D eigenvalue weighted by atomic mass is 9.76. The van der Waals surface area contributed by atoms with Gasteiger partial charge in [-0.15, -0.1) is 0 Å². The van der Waals surface area contributed by atoms with Crippen LogP contribution in [0.1, 0.15) is 99.3 Å². The van der Waals surface area contributed by atoms with E-state index in [9.17, 15) is 39.6 Å². The van der Waals surface area contributed by atoms with Gasteiger partial charge in [-0.05, 0) is 71.1 Å². The number of fused-ring (bicyclic) bond motifs is 5. The summed E-state index contributed by atoms with van der Waals surface area (Å²) in [5, 5.41) is 46.9. The third-order valence-corrected chi connectivity index (χ3v) is 11.9. The second-order valence-corrected chi connectivity index (χ2v) is 17.5. The van der Waals surface area contributed by atoms with Crippen molar-refractivity contribution in [1.29, 1.82) is 0 Å². The second kappa shape index (κ2) is 20.6. The van der Waals surface area contributed by atoms with Crippen molar-refractivity contribution in [1.82, 2.24) is 0 Å². The number of methoxy groups -OCH3 is 2. The summed E-state index contributed by atoms with van der Waals surface area (Å²) < 4.78 is 59.4. The first-order chi connectivity index (χ1) is 29.6. The largest absolute Gasteiger partial charge is 0.466 e. The van der Waals surface area contributed by atoms with Crippen molar-refractivity contribution in [2.45, 2.75) is 171 Å². The van der Waals surface area contributed by atoms with Crippen LogP contribution >= 0.6 is 0 Å². The molecule has 0 spiro atoms. The molecule has 12 atom stereocenters. The molecule has 18 heteroatoms. The van der Waals surface area contributed by atoms with Crippen LogP contribution in [-0.2, 0) is 66.5 Å². The average Bonchev–Trinajstić information content (AvgIpc) is 3.19. The minimum Gasteiger partial charge on any atom is -0.466 e. The number of carbonyl (C=O) groups is 4. The second-order valence-electron chi connectivity index (χ2n) is 17.5. The fraction of sp³-hybridized carbons (Fsp3) is 0.689. The van der Waals surface area contributed by atoms with Crippen molar-refractivity contribution in [3.63, 3.8) is 0 Å². The third-order valence-electron chi connectivity index (χ3n) is 11.9. The lowest BCUT2D eigenvalue weighted by molar-refractivity contribution is -0.444. The monoisotopic (exact) mass is 892 g/mol. The number of hydrogen-bond donors (Lipinski definition) is 4. The van der Waals surface area contributed by atoms with E-state index in [1.165, 1.54) is 33.3 Å². The molecule has 5 rings (SSSR count). The molecule has 0 aromatic carbocycles. The number of ether oxygens (including phenoxy) is 10. The summed E-state index contributed by atoms with van der Waals surface area (Å²) in [6, 6.07) is 0. The molecule has 0 amide bonds. The van der Waals surface area contributed by atoms with Gasteiger partial charge in [0.25, 0.3) is 0 Å². The number of rotatable bonds is 8. The van der Waals surface area contributed by atoms with E-state index in [4.69, 9.17) is 47.4 Å². The summed E-state index contributed by atoms with van der Waals surface area (Å²) in [4.78, 5) is 51.1. The van der Waals surface area contributed by atoms with Gasteiger partial charge in [-0.3, -0.25) is 9.59 Å². The summed E-state index contributed by atoms with van der Waals surface area (Å²) in [5.74, 6) is -9.13. The molecule has 0 saturated carbocycles. The number of carbonyl (C=O) groups excluding carboxylic acids is 4. The zero-order valence-corrected chi connectivity index (χ0v) is 37.3. The molecule has 18 nitrogen and oxygen atoms in total. The van der Waals surface area contributed by atoms with Gasteiger partial charge in [0.2, 0.25) is 12.1 Å². The van der Waals surface area contributed by atoms with Crippen LogP contribution in [0.2, 0.25) is 0 Å². The molecule has 6 bridgehead atoms. The van der Waals surface area contributed by atoms with Crippen LogP contribution in [0.5, 0.6) is 0 Å². The van der Waals surface area contributed by atoms with Crippen molar-refractivity contribution >= 4 is 23.9 Å². The van der Waals surface area contributed by atoms with E-state index in [0.29, 0.717) is 5.57 Å². The van der Waals surface area contributed by atoms with Gasteiger partial charge in [0.15, 0.2) is 17.9 Å². The Bertz CT molecular complexity index is 1820. The molecule has 5 aliphatic heterocycles. The molecule has 4 N–H and O–H groups in total. The zero-order valence-electron chi connectivity index (χ0n) is 37.3. The highest BCUT2D eigenvalue weighted by Crippen LogP contribution is 2.52. The molecular weight excluding hydrogens is 828 g/mol. The topological polar surface area (TPSA) is 241 Å². The number of cyclic esters (lactones) is 1. The van der Waals surface area contributed by atoms with Gasteiger partial charge in [0.05, 0.1) is 57.1 Å². The summed E-state index contributed by atoms with van der Waals surface area (Å²) in [6.07, 6.45) is 3.85. The molecule has 0 aromatic heterocycles. The Hall–Kier alpha value is -3.82. The molecule has 0 aliphatic carbocycles. The molecular formula is C45H64O18. The van der Waals surface area contributed by atoms with Crippen LogP contribution < -0.4 is 0 Å². The predicted octanol–water partition coefficient (Wildman–Crippen LogP) is 3.39. The Morgan fingerprint density at radius 3 is 2.29 bits per heavy atom. The van der Waals surface area contributed by atoms with Gasteiger partial charge in [0, 0.05) is 38.3 Å². The van der Waals surface area contributed by atoms with Gasteiger partial charge in [-0.1, -0.05) is 43.2 Å². The number of unbranched alkanes of at least 4 members (excludes halogenated alkanes) is 1. The molecule has 4 saturated heterocycles. The standard InChI is InChI=1S/C45H64O18/c1-9-10-11-12-13-15-43(6)62-39-29(21-36(50)55-8)20-32-24-34(26-46)58-37(51)22-30(48)23-38-59-40(56-27(2)47)41(3,4)44(52,61-38)25-33-18-28(19-35(49)54-7)17-31(57-33)14-16-42(5,63-43)45(39,53)60-32/h11-16,19,21,30-34,38-40,46,48,52-53H,9-10,17-18,20,22-26H2,1-8H3/b12-11+,15-13+,16-14+,28-19+,29-21+/t30-,31-,32-,33-,34+,38+,39-,40-,42?,43?,44-,45+/m0/s1. The molecule has 4 fully saturated rings. The van der Waals surface area contributed by atoms with Crippen LogP contribution in [0.25, 0.3) is 0 Å². The minimum absolute atomic E-state index is 0.0387. The Balaban J connectivity index is 1.66. The maximum Gasteiger partial charge on any atom is 0.330 e. The highest BCUT2D eigenvalue weighted by Gasteiger charge is 2.66. The number of aliphatic hydroxyl groups excluding tert-OH is 2. The highest BCUT2D eigenvalue weighted by molar-refractivity contribution is 5.83. The Kier molecular flexibility index (Phi) is 16.4. The Morgan fingerprint density at radius 2 is 1.62 bits per heavy atom. The smallest absolute Gasteiger partial charge is 0.330 e. The fourth-order valence-corrected chi connectivity index (χ4v) is 8.51. The highest BCUT2D eigenvalue weighted by atomic mass is 16.8. The van der Waals surface area contributed by atoms with Crippen molar-refractivity contribution in [2.75, 3.05) is 20.8 Å². The first kappa shape index (κ1) is 50.2. The quantitative estimate of drug-likeness (QED) is 0.0898. The number of allylic oxidation sites excluding steroid dienone is 3. The number of esters is 4. The summed E-state index contributed by atoms with van der Waals surface area (Å²) >= 11 is 0. The molecule has 63 heavy (non-hydrogen) atoms. The van der Waals surface area contributed by atoms with E-state index >= 15 is 0 Å². The van der Waals surface area contributed by atoms with Crippen molar-refractivity contribution < 1.29 is 87.0 Å². The first-order valence-electron chi connectivity index (χ1n) is 21.3. The fourth-order valence-electron chi connectivity index (χ4n) is 8.51. The van der Waals surface area contributed by atoms with Crippen molar-refractivity contribution in [3.05, 3.63) is 59.8 Å². The van der Waals surface area contributed by atoms with E-state index in [-0.39, 0.29) is 44.1 Å². The van der Waals surface area contributed by atoms with E-state index < -0.39 is 114 Å². The van der Waals surface area contributed by atoms with Crippen molar-refractivity contribution in [3.8, 4) is 0 Å². The lowest BCUT2D eigenvalue weighted by Gasteiger charge is -2.58. The van der Waals surface area contributed by atoms with Gasteiger partial charge < -0.3 is 67.8 Å². The van der Waals surface area contributed by atoms with Gasteiger partial charge in [-0.2, -0.15) is 0 Å². The van der Waals surface area contributed by atoms with Gasteiger partial charge in [-0.25, -0.2) is 9.59 Å². The lowest BCUT2D eigenvalue weighted by Crippen LogP contribution is -2.73.